The fraction of sp³-hybridized carbons (Fsp3) is 0.412. The average molecular weight is 307 g/mol. The molecule has 0 aliphatic rings. The van der Waals surface area contributed by atoms with E-state index in [1.54, 1.807) is 30.6 Å². The first-order valence-electron chi connectivity index (χ1n) is 7.08. The van der Waals surface area contributed by atoms with E-state index in [0.29, 0.717) is 11.3 Å². The van der Waals surface area contributed by atoms with Gasteiger partial charge in [0.2, 0.25) is 0 Å². The van der Waals surface area contributed by atoms with E-state index in [1.165, 1.54) is 21.4 Å². The predicted octanol–water partition coefficient (Wildman–Crippen LogP) is 4.92. The van der Waals surface area contributed by atoms with Gasteiger partial charge in [0, 0.05) is 33.5 Å². The van der Waals surface area contributed by atoms with Gasteiger partial charge in [-0.3, -0.25) is 0 Å². The SMILES string of the molecule is COc1ccc(C(C)NC(C)c2cc(C)sc2C)c(F)c1. The van der Waals surface area contributed by atoms with Crippen molar-refractivity contribution in [2.45, 2.75) is 39.8 Å². The molecule has 2 atom stereocenters. The number of benzene rings is 1. The highest BCUT2D eigenvalue weighted by atomic mass is 32.1. The summed E-state index contributed by atoms with van der Waals surface area (Å²) < 4.78 is 19.1. The van der Waals surface area contributed by atoms with Crippen LogP contribution < -0.4 is 10.1 Å². The van der Waals surface area contributed by atoms with E-state index in [2.05, 4.69) is 32.2 Å². The Kier molecular flexibility index (Phi) is 5.01. The molecule has 2 rings (SSSR count). The lowest BCUT2D eigenvalue weighted by Crippen LogP contribution is -2.23. The van der Waals surface area contributed by atoms with Crippen molar-refractivity contribution in [3.8, 4) is 5.75 Å². The molecule has 2 aromatic rings. The number of hydrogen-bond acceptors (Lipinski definition) is 3. The van der Waals surface area contributed by atoms with Crippen molar-refractivity contribution in [1.29, 1.82) is 0 Å². The fourth-order valence-electron chi connectivity index (χ4n) is 2.62. The maximum Gasteiger partial charge on any atom is 0.131 e. The molecule has 0 amide bonds. The monoisotopic (exact) mass is 307 g/mol. The summed E-state index contributed by atoms with van der Waals surface area (Å²) in [7, 11) is 1.54. The first-order chi connectivity index (χ1) is 9.92. The van der Waals surface area contributed by atoms with Gasteiger partial charge in [-0.2, -0.15) is 0 Å². The molecule has 1 aromatic carbocycles. The molecule has 0 aliphatic carbocycles. The molecule has 2 unspecified atom stereocenters. The zero-order valence-electron chi connectivity index (χ0n) is 13.2. The Labute approximate surface area is 130 Å². The summed E-state index contributed by atoms with van der Waals surface area (Å²) >= 11 is 1.80. The number of aryl methyl sites for hydroxylation is 2. The van der Waals surface area contributed by atoms with Crippen molar-refractivity contribution in [3.63, 3.8) is 0 Å². The average Bonchev–Trinajstić information content (AvgIpc) is 2.77. The molecule has 1 aromatic heterocycles. The smallest absolute Gasteiger partial charge is 0.131 e. The molecule has 2 nitrogen and oxygen atoms in total. The number of methoxy groups -OCH3 is 1. The molecule has 0 radical (unpaired) electrons. The summed E-state index contributed by atoms with van der Waals surface area (Å²) in [4.78, 5) is 2.62. The number of ether oxygens (including phenoxy) is 1. The number of halogens is 1. The second-order valence-corrected chi connectivity index (χ2v) is 6.83. The van der Waals surface area contributed by atoms with Gasteiger partial charge >= 0.3 is 0 Å². The van der Waals surface area contributed by atoms with Crippen LogP contribution in [0, 0.1) is 19.7 Å². The molecule has 4 heteroatoms. The van der Waals surface area contributed by atoms with Crippen LogP contribution in [-0.4, -0.2) is 7.11 Å². The van der Waals surface area contributed by atoms with Crippen molar-refractivity contribution in [2.75, 3.05) is 7.11 Å². The highest BCUT2D eigenvalue weighted by Crippen LogP contribution is 2.29. The molecule has 0 bridgehead atoms. The highest BCUT2D eigenvalue weighted by Gasteiger charge is 2.17. The van der Waals surface area contributed by atoms with Gasteiger partial charge in [-0.25, -0.2) is 4.39 Å². The van der Waals surface area contributed by atoms with Crippen molar-refractivity contribution in [3.05, 3.63) is 51.0 Å². The normalized spacial score (nSPS) is 14.0. The number of nitrogens with one attached hydrogen (secondary N) is 1. The lowest BCUT2D eigenvalue weighted by atomic mass is 10.0. The predicted molar refractivity (Wildman–Crippen MR) is 86.7 cm³/mol. The minimum atomic E-state index is -0.236. The molecule has 0 aliphatic heterocycles. The molecule has 0 saturated carbocycles. The Morgan fingerprint density at radius 3 is 2.29 bits per heavy atom. The Balaban J connectivity index is 2.14. The van der Waals surface area contributed by atoms with Gasteiger partial charge in [-0.05, 0) is 45.4 Å². The molecule has 21 heavy (non-hydrogen) atoms. The second-order valence-electron chi connectivity index (χ2n) is 5.37. The summed E-state index contributed by atoms with van der Waals surface area (Å²) in [5.41, 5.74) is 1.95. The third-order valence-electron chi connectivity index (χ3n) is 3.72. The molecule has 0 spiro atoms. The van der Waals surface area contributed by atoms with Crippen LogP contribution in [0.4, 0.5) is 4.39 Å². The summed E-state index contributed by atoms with van der Waals surface area (Å²) in [5.74, 6) is 0.306. The van der Waals surface area contributed by atoms with Gasteiger partial charge in [-0.15, -0.1) is 11.3 Å². The van der Waals surface area contributed by atoms with Crippen molar-refractivity contribution < 1.29 is 9.13 Å². The standard InChI is InChI=1S/C17H22FNOS/c1-10-8-16(13(4)21-10)12(3)19-11(2)15-7-6-14(20-5)9-17(15)18/h6-9,11-12,19H,1-5H3. The van der Waals surface area contributed by atoms with Crippen molar-refractivity contribution in [1.82, 2.24) is 5.32 Å². The van der Waals surface area contributed by atoms with E-state index in [-0.39, 0.29) is 17.9 Å². The third kappa shape index (κ3) is 3.63. The van der Waals surface area contributed by atoms with Crippen LogP contribution in [-0.2, 0) is 0 Å². The molecular weight excluding hydrogens is 285 g/mol. The van der Waals surface area contributed by atoms with E-state index in [9.17, 15) is 4.39 Å². The quantitative estimate of drug-likeness (QED) is 0.846. The van der Waals surface area contributed by atoms with E-state index >= 15 is 0 Å². The van der Waals surface area contributed by atoms with Crippen LogP contribution in [0.25, 0.3) is 0 Å². The van der Waals surface area contributed by atoms with Gasteiger partial charge in [-0.1, -0.05) is 6.07 Å². The van der Waals surface area contributed by atoms with Crippen LogP contribution in [0.2, 0.25) is 0 Å². The molecule has 1 N–H and O–H groups in total. The van der Waals surface area contributed by atoms with Gasteiger partial charge in [0.15, 0.2) is 0 Å². The minimum absolute atomic E-state index is 0.0643. The van der Waals surface area contributed by atoms with Crippen molar-refractivity contribution >= 4 is 11.3 Å². The van der Waals surface area contributed by atoms with E-state index < -0.39 is 0 Å². The van der Waals surface area contributed by atoms with Gasteiger partial charge < -0.3 is 10.1 Å². The van der Waals surface area contributed by atoms with E-state index in [1.807, 2.05) is 6.92 Å². The molecule has 0 fully saturated rings. The third-order valence-corrected chi connectivity index (χ3v) is 4.70. The fourth-order valence-corrected chi connectivity index (χ4v) is 3.64. The van der Waals surface area contributed by atoms with Gasteiger partial charge in [0.25, 0.3) is 0 Å². The molecular formula is C17H22FNOS. The first kappa shape index (κ1) is 16.0. The second kappa shape index (κ2) is 6.58. The summed E-state index contributed by atoms with van der Waals surface area (Å²) in [5, 5.41) is 3.47. The van der Waals surface area contributed by atoms with Crippen LogP contribution in [0.1, 0.15) is 46.8 Å². The number of rotatable bonds is 5. The number of hydrogen-bond donors (Lipinski definition) is 1. The summed E-state index contributed by atoms with van der Waals surface area (Å²) in [6, 6.07) is 7.33. The van der Waals surface area contributed by atoms with Crippen molar-refractivity contribution in [2.24, 2.45) is 0 Å². The lowest BCUT2D eigenvalue weighted by molar-refractivity contribution is 0.408. The Bertz CT molecular complexity index is 623. The van der Waals surface area contributed by atoms with E-state index in [4.69, 9.17) is 4.74 Å². The van der Waals surface area contributed by atoms with Crippen LogP contribution >= 0.6 is 11.3 Å². The van der Waals surface area contributed by atoms with E-state index in [0.717, 1.165) is 0 Å². The van der Waals surface area contributed by atoms with Gasteiger partial charge in [0.1, 0.15) is 11.6 Å². The maximum atomic E-state index is 14.1. The highest BCUT2D eigenvalue weighted by molar-refractivity contribution is 7.12. The topological polar surface area (TPSA) is 21.3 Å². The molecule has 0 saturated heterocycles. The molecule has 114 valence electrons. The zero-order chi connectivity index (χ0) is 15.6. The summed E-state index contributed by atoms with van der Waals surface area (Å²) in [6.07, 6.45) is 0. The molecule has 1 heterocycles. The summed E-state index contributed by atoms with van der Waals surface area (Å²) in [6.45, 7) is 8.34. The Morgan fingerprint density at radius 1 is 1.10 bits per heavy atom. The maximum absolute atomic E-state index is 14.1. The van der Waals surface area contributed by atoms with Gasteiger partial charge in [0.05, 0.1) is 7.11 Å². The largest absolute Gasteiger partial charge is 0.497 e. The number of thiophene rings is 1. The minimum Gasteiger partial charge on any atom is -0.497 e. The van der Waals surface area contributed by atoms with Crippen LogP contribution in [0.5, 0.6) is 5.75 Å². The zero-order valence-corrected chi connectivity index (χ0v) is 14.0. The van der Waals surface area contributed by atoms with Crippen LogP contribution in [0.15, 0.2) is 24.3 Å². The van der Waals surface area contributed by atoms with Crippen LogP contribution in [0.3, 0.4) is 0 Å². The Morgan fingerprint density at radius 2 is 1.76 bits per heavy atom. The Hall–Kier alpha value is -1.39. The lowest BCUT2D eigenvalue weighted by Gasteiger charge is -2.21. The first-order valence-corrected chi connectivity index (χ1v) is 7.90.